The molecule has 4 aromatic rings. The van der Waals surface area contributed by atoms with Crippen LogP contribution in [0.5, 0.6) is 0 Å². The Kier molecular flexibility index (Phi) is 9.08. The van der Waals surface area contributed by atoms with Gasteiger partial charge in [-0.2, -0.15) is 6.08 Å². The van der Waals surface area contributed by atoms with Crippen molar-refractivity contribution in [3.05, 3.63) is 115 Å². The average molecular weight is 499 g/mol. The number of nitrogens with zero attached hydrogens (tertiary/aromatic N) is 2. The minimum absolute atomic E-state index is 0.826. The molecule has 1 aromatic heterocycles. The molecule has 0 saturated carbocycles. The van der Waals surface area contributed by atoms with Gasteiger partial charge in [-0.05, 0) is 17.7 Å². The van der Waals surface area contributed by atoms with E-state index in [1.165, 1.54) is 27.6 Å². The Hall–Kier alpha value is -1.80. The van der Waals surface area contributed by atoms with Crippen molar-refractivity contribution in [2.24, 2.45) is 0 Å². The van der Waals surface area contributed by atoms with Crippen LogP contribution in [0.4, 0.5) is 0 Å². The predicted octanol–water partition coefficient (Wildman–Crippen LogP) is 7.04. The molecule has 0 fully saturated rings. The van der Waals surface area contributed by atoms with Crippen LogP contribution in [-0.4, -0.2) is 9.55 Å². The molecule has 0 saturated heterocycles. The van der Waals surface area contributed by atoms with Gasteiger partial charge in [0.25, 0.3) is 0 Å². The minimum atomic E-state index is -0.826. The number of halogens is 2. The van der Waals surface area contributed by atoms with E-state index in [2.05, 4.69) is 83.9 Å². The van der Waals surface area contributed by atoms with Crippen LogP contribution in [0.3, 0.4) is 0 Å². The van der Waals surface area contributed by atoms with Gasteiger partial charge in [0.1, 0.15) is 0 Å². The molecule has 1 aliphatic carbocycles. The van der Waals surface area contributed by atoms with Crippen LogP contribution in [0.2, 0.25) is 0 Å². The van der Waals surface area contributed by atoms with Crippen LogP contribution in [-0.2, 0) is 27.3 Å². The van der Waals surface area contributed by atoms with Crippen molar-refractivity contribution in [2.75, 3.05) is 0 Å². The van der Waals surface area contributed by atoms with E-state index in [4.69, 9.17) is 17.0 Å². The van der Waals surface area contributed by atoms with Gasteiger partial charge in [-0.3, -0.25) is 6.08 Å². The van der Waals surface area contributed by atoms with Crippen molar-refractivity contribution in [3.63, 3.8) is 0 Å². The third-order valence-corrected chi connectivity index (χ3v) is 4.41. The van der Waals surface area contributed by atoms with E-state index in [1.807, 2.05) is 23.2 Å². The molecule has 5 rings (SSSR count). The Bertz CT molecular complexity index is 1020. The molecule has 0 N–H and O–H groups in total. The molecule has 0 spiro atoms. The summed E-state index contributed by atoms with van der Waals surface area (Å²) in [6.07, 6.45) is 15.2. The van der Waals surface area contributed by atoms with E-state index in [1.54, 1.807) is 6.20 Å². The number of hydrogen-bond donors (Lipinski definition) is 0. The predicted molar refractivity (Wildman–Crippen MR) is 119 cm³/mol. The van der Waals surface area contributed by atoms with Crippen LogP contribution >= 0.6 is 17.0 Å². The number of rotatable bonds is 3. The second-order valence-corrected chi connectivity index (χ2v) is 10.1. The molecule has 1 aliphatic rings. The summed E-state index contributed by atoms with van der Waals surface area (Å²) in [5.74, 6) is 0. The van der Waals surface area contributed by atoms with Gasteiger partial charge in [-0.1, -0.05) is 36.4 Å². The molecule has 0 atom stereocenters. The Morgan fingerprint density at radius 2 is 1.83 bits per heavy atom. The first-order valence-electron chi connectivity index (χ1n) is 9.20. The molecular formula is C24H20Cl2N2Zr. The maximum Gasteiger partial charge on any atom is 0.0977 e. The molecule has 0 unspecified atom stereocenters. The number of fused-ring (bicyclic) bond motifs is 1. The summed E-state index contributed by atoms with van der Waals surface area (Å²) in [6, 6.07) is 23.2. The van der Waals surface area contributed by atoms with Gasteiger partial charge in [-0.15, -0.1) is 47.5 Å². The topological polar surface area (TPSA) is 17.8 Å². The van der Waals surface area contributed by atoms with Crippen LogP contribution in [0.1, 0.15) is 12.0 Å². The molecular weight excluding hydrogens is 478 g/mol. The van der Waals surface area contributed by atoms with E-state index in [0.29, 0.717) is 0 Å². The second-order valence-electron chi connectivity index (χ2n) is 6.35. The van der Waals surface area contributed by atoms with Gasteiger partial charge in [0.2, 0.25) is 0 Å². The first kappa shape index (κ1) is 21.9. The van der Waals surface area contributed by atoms with Crippen molar-refractivity contribution in [1.82, 2.24) is 9.55 Å². The molecule has 144 valence electrons. The van der Waals surface area contributed by atoms with Gasteiger partial charge in [0, 0.05) is 12.4 Å². The summed E-state index contributed by atoms with van der Waals surface area (Å²) < 4.78 is 2.01. The average Bonchev–Trinajstić information content (AvgIpc) is 3.51. The SMILES string of the molecule is [C-]1=C(Cc2ccccc2)C=CC1.[Cl][Zr+2][Cl].c1ccc2[cH-]c(-n3ccnc3)cc2c1. The van der Waals surface area contributed by atoms with E-state index < -0.39 is 20.8 Å². The van der Waals surface area contributed by atoms with Crippen molar-refractivity contribution in [3.8, 4) is 5.69 Å². The van der Waals surface area contributed by atoms with Crippen LogP contribution in [0.15, 0.2) is 103 Å². The van der Waals surface area contributed by atoms with E-state index in [0.717, 1.165) is 12.8 Å². The normalized spacial score (nSPS) is 11.7. The summed E-state index contributed by atoms with van der Waals surface area (Å²) >= 11 is -0.826. The quantitative estimate of drug-likeness (QED) is 0.277. The number of imidazole rings is 1. The molecule has 0 bridgehead atoms. The first-order chi connectivity index (χ1) is 14.3. The second kappa shape index (κ2) is 12.0. The van der Waals surface area contributed by atoms with Gasteiger partial charge < -0.3 is 4.57 Å². The molecule has 2 nitrogen and oxygen atoms in total. The molecule has 5 heteroatoms. The monoisotopic (exact) mass is 496 g/mol. The summed E-state index contributed by atoms with van der Waals surface area (Å²) in [4.78, 5) is 4.03. The molecule has 3 aromatic carbocycles. The van der Waals surface area contributed by atoms with E-state index >= 15 is 0 Å². The van der Waals surface area contributed by atoms with Crippen molar-refractivity contribution < 1.29 is 20.8 Å². The van der Waals surface area contributed by atoms with E-state index in [9.17, 15) is 0 Å². The molecule has 1 heterocycles. The maximum absolute atomic E-state index is 4.93. The van der Waals surface area contributed by atoms with Gasteiger partial charge >= 0.3 is 37.9 Å². The van der Waals surface area contributed by atoms with Crippen molar-refractivity contribution >= 4 is 27.8 Å². The fraction of sp³-hybridized carbons (Fsp3) is 0.0833. The fourth-order valence-corrected chi connectivity index (χ4v) is 3.08. The van der Waals surface area contributed by atoms with Crippen LogP contribution in [0, 0.1) is 6.08 Å². The van der Waals surface area contributed by atoms with Gasteiger partial charge in [0.05, 0.1) is 6.33 Å². The molecule has 29 heavy (non-hydrogen) atoms. The van der Waals surface area contributed by atoms with E-state index in [-0.39, 0.29) is 0 Å². The standard InChI is InChI=1S/C12H9N2.C12H11.2ClH.Zr/c1-2-4-11-8-12(7-10(11)3-1)14-6-5-13-9-14;1-2-6-11(7-3-1)10-12-8-4-5-9-12;;;/h1-9H;1-4,6-8H,5,10H2;2*1H;/q2*-1;;;+4/p-2. The summed E-state index contributed by atoms with van der Waals surface area (Å²) in [5, 5.41) is 2.55. The third-order valence-electron chi connectivity index (χ3n) is 4.41. The Labute approximate surface area is 190 Å². The number of benzene rings is 2. The zero-order valence-corrected chi connectivity index (χ0v) is 19.8. The summed E-state index contributed by atoms with van der Waals surface area (Å²) in [6.45, 7) is 0. The maximum atomic E-state index is 4.93. The zero-order valence-electron chi connectivity index (χ0n) is 15.8. The Balaban J connectivity index is 0.000000148. The third kappa shape index (κ3) is 6.89. The van der Waals surface area contributed by atoms with Crippen LogP contribution in [0.25, 0.3) is 16.5 Å². The molecule has 0 aliphatic heterocycles. The summed E-state index contributed by atoms with van der Waals surface area (Å²) in [5.41, 5.74) is 3.86. The van der Waals surface area contributed by atoms with Gasteiger partial charge in [-0.25, -0.2) is 16.6 Å². The van der Waals surface area contributed by atoms with Gasteiger partial charge in [0.15, 0.2) is 0 Å². The minimum Gasteiger partial charge on any atom is -0.325 e. The zero-order chi connectivity index (χ0) is 20.3. The van der Waals surface area contributed by atoms with Crippen LogP contribution < -0.4 is 0 Å². The molecule has 0 radical (unpaired) electrons. The Morgan fingerprint density at radius 3 is 2.48 bits per heavy atom. The first-order valence-corrected chi connectivity index (χ1v) is 15.5. The van der Waals surface area contributed by atoms with Crippen molar-refractivity contribution in [2.45, 2.75) is 12.8 Å². The number of allylic oxidation sites excluding steroid dienone is 4. The fourth-order valence-electron chi connectivity index (χ4n) is 3.08. The Morgan fingerprint density at radius 1 is 1.07 bits per heavy atom. The largest absolute Gasteiger partial charge is 0.325 e. The number of hydrogen-bond acceptors (Lipinski definition) is 1. The summed E-state index contributed by atoms with van der Waals surface area (Å²) in [7, 11) is 9.87. The smallest absolute Gasteiger partial charge is 0.0977 e. The number of aromatic nitrogens is 2. The van der Waals surface area contributed by atoms with Crippen molar-refractivity contribution in [1.29, 1.82) is 0 Å². The molecule has 0 amide bonds.